The smallest absolute Gasteiger partial charge is 0.126 e. The molecule has 0 saturated heterocycles. The average molecular weight is 281 g/mol. The van der Waals surface area contributed by atoms with Crippen LogP contribution in [0.1, 0.15) is 11.1 Å². The second-order valence-electron chi connectivity index (χ2n) is 5.11. The van der Waals surface area contributed by atoms with Crippen LogP contribution in [-0.2, 0) is 6.54 Å². The number of nitrogens with one attached hydrogen (secondary N) is 1. The number of hydrogen-bond acceptors (Lipinski definition) is 2. The van der Waals surface area contributed by atoms with Gasteiger partial charge in [-0.05, 0) is 36.2 Å². The van der Waals surface area contributed by atoms with E-state index in [9.17, 15) is 9.50 Å². The van der Waals surface area contributed by atoms with Crippen molar-refractivity contribution in [1.82, 2.24) is 0 Å². The molecule has 3 heteroatoms. The Morgan fingerprint density at radius 2 is 1.76 bits per heavy atom. The zero-order valence-corrected chi connectivity index (χ0v) is 11.7. The van der Waals surface area contributed by atoms with Gasteiger partial charge in [-0.3, -0.25) is 0 Å². The van der Waals surface area contributed by atoms with Crippen molar-refractivity contribution >= 4 is 16.5 Å². The molecule has 0 aromatic heterocycles. The lowest BCUT2D eigenvalue weighted by Gasteiger charge is -2.11. The molecule has 21 heavy (non-hydrogen) atoms. The van der Waals surface area contributed by atoms with E-state index in [1.54, 1.807) is 19.1 Å². The van der Waals surface area contributed by atoms with E-state index in [0.29, 0.717) is 12.1 Å². The molecule has 0 aliphatic carbocycles. The van der Waals surface area contributed by atoms with E-state index in [0.717, 1.165) is 22.0 Å². The predicted octanol–water partition coefficient (Wildman–Crippen LogP) is 4.61. The van der Waals surface area contributed by atoms with Crippen molar-refractivity contribution < 1.29 is 9.50 Å². The lowest BCUT2D eigenvalue weighted by atomic mass is 10.1. The number of anilines is 1. The summed E-state index contributed by atoms with van der Waals surface area (Å²) in [5.74, 6) is 0.0857. The standard InChI is InChI=1S/C18H16FNO/c1-12-10-13(8-9-16(12)19)11-20-17-6-2-5-15-14(17)4-3-7-18(15)21/h2-10,20-21H,11H2,1H3. The van der Waals surface area contributed by atoms with Gasteiger partial charge in [0.1, 0.15) is 11.6 Å². The number of fused-ring (bicyclic) bond motifs is 1. The number of halogens is 1. The molecule has 0 heterocycles. The van der Waals surface area contributed by atoms with E-state index in [2.05, 4.69) is 5.32 Å². The normalized spacial score (nSPS) is 10.8. The molecule has 0 atom stereocenters. The van der Waals surface area contributed by atoms with Gasteiger partial charge in [0.25, 0.3) is 0 Å². The Labute approximate surface area is 122 Å². The third-order valence-electron chi connectivity index (χ3n) is 3.60. The molecule has 0 saturated carbocycles. The first-order valence-electron chi connectivity index (χ1n) is 6.85. The fourth-order valence-corrected chi connectivity index (χ4v) is 2.46. The summed E-state index contributed by atoms with van der Waals surface area (Å²) in [4.78, 5) is 0. The van der Waals surface area contributed by atoms with Crippen LogP contribution in [-0.4, -0.2) is 5.11 Å². The zero-order chi connectivity index (χ0) is 14.8. The second-order valence-corrected chi connectivity index (χ2v) is 5.11. The number of phenols is 1. The van der Waals surface area contributed by atoms with Gasteiger partial charge in [0.2, 0.25) is 0 Å². The molecule has 0 bridgehead atoms. The minimum atomic E-state index is -0.186. The maximum Gasteiger partial charge on any atom is 0.126 e. The molecule has 0 aliphatic heterocycles. The predicted molar refractivity (Wildman–Crippen MR) is 84.1 cm³/mol. The number of benzene rings is 3. The highest BCUT2D eigenvalue weighted by Gasteiger charge is 2.04. The summed E-state index contributed by atoms with van der Waals surface area (Å²) in [5, 5.41) is 15.0. The van der Waals surface area contributed by atoms with Crippen LogP contribution in [0.3, 0.4) is 0 Å². The average Bonchev–Trinajstić information content (AvgIpc) is 2.49. The van der Waals surface area contributed by atoms with Crippen LogP contribution in [0.2, 0.25) is 0 Å². The second kappa shape index (κ2) is 5.44. The molecule has 3 aromatic carbocycles. The molecule has 3 aromatic rings. The van der Waals surface area contributed by atoms with Gasteiger partial charge in [-0.1, -0.05) is 36.4 Å². The van der Waals surface area contributed by atoms with E-state index in [4.69, 9.17) is 0 Å². The van der Waals surface area contributed by atoms with Gasteiger partial charge < -0.3 is 10.4 Å². The van der Waals surface area contributed by atoms with Crippen LogP contribution < -0.4 is 5.32 Å². The van der Waals surface area contributed by atoms with E-state index < -0.39 is 0 Å². The molecule has 0 radical (unpaired) electrons. The number of rotatable bonds is 3. The van der Waals surface area contributed by atoms with Gasteiger partial charge in [-0.15, -0.1) is 0 Å². The SMILES string of the molecule is Cc1cc(CNc2cccc3c(O)cccc23)ccc1F. The third kappa shape index (κ3) is 2.68. The maximum atomic E-state index is 13.3. The highest BCUT2D eigenvalue weighted by Crippen LogP contribution is 2.30. The molecular formula is C18H16FNO. The number of hydrogen-bond donors (Lipinski definition) is 2. The molecule has 2 N–H and O–H groups in total. The van der Waals surface area contributed by atoms with Crippen LogP contribution in [0.15, 0.2) is 54.6 Å². The van der Waals surface area contributed by atoms with Crippen molar-refractivity contribution in [3.63, 3.8) is 0 Å². The Balaban J connectivity index is 1.88. The first-order chi connectivity index (χ1) is 10.1. The van der Waals surface area contributed by atoms with Crippen molar-refractivity contribution in [2.75, 3.05) is 5.32 Å². The minimum Gasteiger partial charge on any atom is -0.507 e. The van der Waals surface area contributed by atoms with Crippen molar-refractivity contribution in [3.05, 3.63) is 71.5 Å². The first kappa shape index (κ1) is 13.4. The summed E-state index contributed by atoms with van der Waals surface area (Å²) in [6.07, 6.45) is 0. The Hall–Kier alpha value is -2.55. The van der Waals surface area contributed by atoms with Crippen LogP contribution >= 0.6 is 0 Å². The topological polar surface area (TPSA) is 32.3 Å². The summed E-state index contributed by atoms with van der Waals surface area (Å²) in [5.41, 5.74) is 2.61. The summed E-state index contributed by atoms with van der Waals surface area (Å²) < 4.78 is 13.3. The van der Waals surface area contributed by atoms with Gasteiger partial charge >= 0.3 is 0 Å². The van der Waals surface area contributed by atoms with Gasteiger partial charge in [0.15, 0.2) is 0 Å². The molecule has 0 spiro atoms. The highest BCUT2D eigenvalue weighted by atomic mass is 19.1. The summed E-state index contributed by atoms with van der Waals surface area (Å²) in [7, 11) is 0. The van der Waals surface area contributed by atoms with Crippen molar-refractivity contribution in [1.29, 1.82) is 0 Å². The van der Waals surface area contributed by atoms with Gasteiger partial charge in [-0.25, -0.2) is 4.39 Å². The molecule has 0 amide bonds. The summed E-state index contributed by atoms with van der Waals surface area (Å²) in [6, 6.07) is 16.3. The third-order valence-corrected chi connectivity index (χ3v) is 3.60. The van der Waals surface area contributed by atoms with E-state index >= 15 is 0 Å². The molecule has 0 unspecified atom stereocenters. The Kier molecular flexibility index (Phi) is 3.48. The van der Waals surface area contributed by atoms with Crippen molar-refractivity contribution in [2.24, 2.45) is 0 Å². The van der Waals surface area contributed by atoms with E-state index in [1.165, 1.54) is 6.07 Å². The van der Waals surface area contributed by atoms with E-state index in [1.807, 2.05) is 36.4 Å². The fraction of sp³-hybridized carbons (Fsp3) is 0.111. The Bertz CT molecular complexity index is 798. The Morgan fingerprint density at radius 1 is 1.00 bits per heavy atom. The quantitative estimate of drug-likeness (QED) is 0.735. The molecule has 0 aliphatic rings. The van der Waals surface area contributed by atoms with Crippen LogP contribution in [0.4, 0.5) is 10.1 Å². The van der Waals surface area contributed by atoms with Gasteiger partial charge in [0.05, 0.1) is 0 Å². The molecule has 3 rings (SSSR count). The molecule has 106 valence electrons. The summed E-state index contributed by atoms with van der Waals surface area (Å²) >= 11 is 0. The van der Waals surface area contributed by atoms with Gasteiger partial charge in [0, 0.05) is 23.0 Å². The first-order valence-corrected chi connectivity index (χ1v) is 6.85. The van der Waals surface area contributed by atoms with Crippen molar-refractivity contribution in [2.45, 2.75) is 13.5 Å². The Morgan fingerprint density at radius 3 is 2.57 bits per heavy atom. The largest absolute Gasteiger partial charge is 0.507 e. The number of aromatic hydroxyl groups is 1. The lowest BCUT2D eigenvalue weighted by Crippen LogP contribution is -2.00. The van der Waals surface area contributed by atoms with E-state index in [-0.39, 0.29) is 11.6 Å². The van der Waals surface area contributed by atoms with Gasteiger partial charge in [-0.2, -0.15) is 0 Å². The summed E-state index contributed by atoms with van der Waals surface area (Å²) in [6.45, 7) is 2.37. The lowest BCUT2D eigenvalue weighted by molar-refractivity contribution is 0.481. The molecular weight excluding hydrogens is 265 g/mol. The van der Waals surface area contributed by atoms with Crippen molar-refractivity contribution in [3.8, 4) is 5.75 Å². The minimum absolute atomic E-state index is 0.186. The number of phenolic OH excluding ortho intramolecular Hbond substituents is 1. The van der Waals surface area contributed by atoms with Crippen LogP contribution in [0.5, 0.6) is 5.75 Å². The number of aryl methyl sites for hydroxylation is 1. The van der Waals surface area contributed by atoms with Crippen LogP contribution in [0.25, 0.3) is 10.8 Å². The highest BCUT2D eigenvalue weighted by molar-refractivity contribution is 5.97. The maximum absolute atomic E-state index is 13.3. The van der Waals surface area contributed by atoms with Crippen LogP contribution in [0, 0.1) is 12.7 Å². The zero-order valence-electron chi connectivity index (χ0n) is 11.7. The monoisotopic (exact) mass is 281 g/mol. The molecule has 0 fully saturated rings. The molecule has 2 nitrogen and oxygen atoms in total. The fourth-order valence-electron chi connectivity index (χ4n) is 2.46.